The lowest BCUT2D eigenvalue weighted by molar-refractivity contribution is 0.0470. The number of rotatable bonds is 8. The van der Waals surface area contributed by atoms with Crippen LogP contribution in [0.5, 0.6) is 5.75 Å². The minimum atomic E-state index is -0.639. The number of halogens is 2. The lowest BCUT2D eigenvalue weighted by Crippen LogP contribution is -2.15. The summed E-state index contributed by atoms with van der Waals surface area (Å²) in [5.41, 5.74) is 0.689. The molecule has 2 aromatic rings. The second kappa shape index (κ2) is 9.59. The van der Waals surface area contributed by atoms with Crippen molar-refractivity contribution in [1.82, 2.24) is 0 Å². The minimum Gasteiger partial charge on any atom is -0.493 e. The maximum Gasteiger partial charge on any atom is 0.342 e. The van der Waals surface area contributed by atoms with E-state index in [9.17, 15) is 9.59 Å². The van der Waals surface area contributed by atoms with Crippen LogP contribution in [-0.4, -0.2) is 25.0 Å². The van der Waals surface area contributed by atoms with E-state index in [2.05, 4.69) is 15.9 Å². The topological polar surface area (TPSA) is 52.6 Å². The predicted octanol–water partition coefficient (Wildman–Crippen LogP) is 5.32. The molecule has 0 N–H and O–H groups in total. The number of esters is 1. The van der Waals surface area contributed by atoms with Gasteiger partial charge in [0.05, 0.1) is 6.61 Å². The minimum absolute atomic E-state index is 0.215. The molecule has 0 aliphatic heterocycles. The van der Waals surface area contributed by atoms with E-state index < -0.39 is 5.97 Å². The fourth-order valence-corrected chi connectivity index (χ4v) is 2.48. The van der Waals surface area contributed by atoms with Crippen LogP contribution in [-0.2, 0) is 4.74 Å². The van der Waals surface area contributed by atoms with E-state index in [-0.39, 0.29) is 18.0 Å². The van der Waals surface area contributed by atoms with E-state index in [1.165, 1.54) is 6.07 Å². The molecule has 2 aromatic carbocycles. The van der Waals surface area contributed by atoms with E-state index in [1.807, 2.05) is 6.92 Å². The number of Topliss-reactive ketones (excluding diaryl/α,β-unsaturated/α-hetero) is 1. The van der Waals surface area contributed by atoms with Crippen molar-refractivity contribution in [1.29, 1.82) is 0 Å². The highest BCUT2D eigenvalue weighted by Crippen LogP contribution is 2.24. The van der Waals surface area contributed by atoms with Crippen molar-refractivity contribution in [3.63, 3.8) is 0 Å². The molecule has 0 fully saturated rings. The van der Waals surface area contributed by atoms with Crippen molar-refractivity contribution in [2.24, 2.45) is 0 Å². The highest BCUT2D eigenvalue weighted by atomic mass is 79.9. The van der Waals surface area contributed by atoms with Crippen molar-refractivity contribution in [2.75, 3.05) is 13.2 Å². The standard InChI is InChI=1S/C19H18BrClO4/c1-2-3-10-24-18-9-8-15(21)11-16(18)19(23)25-12-17(22)13-4-6-14(20)7-5-13/h4-9,11H,2-3,10,12H2,1H3. The van der Waals surface area contributed by atoms with Crippen molar-refractivity contribution >= 4 is 39.3 Å². The van der Waals surface area contributed by atoms with Crippen LogP contribution in [0.3, 0.4) is 0 Å². The molecular formula is C19H18BrClO4. The first-order chi connectivity index (χ1) is 12.0. The molecule has 0 saturated heterocycles. The number of carbonyl (C=O) groups is 2. The molecule has 6 heteroatoms. The van der Waals surface area contributed by atoms with Crippen LogP contribution in [0.1, 0.15) is 40.5 Å². The third-order valence-electron chi connectivity index (χ3n) is 3.42. The Kier molecular flexibility index (Phi) is 7.47. The van der Waals surface area contributed by atoms with Crippen molar-refractivity contribution < 1.29 is 19.1 Å². The molecule has 0 aromatic heterocycles. The second-order valence-electron chi connectivity index (χ2n) is 5.35. The van der Waals surface area contributed by atoms with E-state index in [0.717, 1.165) is 17.3 Å². The van der Waals surface area contributed by atoms with Gasteiger partial charge in [0.15, 0.2) is 12.4 Å². The molecule has 4 nitrogen and oxygen atoms in total. The Hall–Kier alpha value is -1.85. The summed E-state index contributed by atoms with van der Waals surface area (Å²) in [6.45, 7) is 2.20. The van der Waals surface area contributed by atoms with E-state index in [0.29, 0.717) is 22.9 Å². The van der Waals surface area contributed by atoms with E-state index in [1.54, 1.807) is 36.4 Å². The van der Waals surface area contributed by atoms with Crippen LogP contribution in [0.15, 0.2) is 46.9 Å². The van der Waals surface area contributed by atoms with Gasteiger partial charge in [-0.05, 0) is 36.8 Å². The lowest BCUT2D eigenvalue weighted by atomic mass is 10.1. The molecule has 0 amide bonds. The number of carbonyl (C=O) groups excluding carboxylic acids is 2. The van der Waals surface area contributed by atoms with Crippen LogP contribution in [0.4, 0.5) is 0 Å². The van der Waals surface area contributed by atoms with Gasteiger partial charge >= 0.3 is 5.97 Å². The molecule has 0 unspecified atom stereocenters. The van der Waals surface area contributed by atoms with Crippen LogP contribution in [0.2, 0.25) is 5.02 Å². The number of hydrogen-bond acceptors (Lipinski definition) is 4. The Morgan fingerprint density at radius 3 is 2.52 bits per heavy atom. The third kappa shape index (κ3) is 5.87. The van der Waals surface area contributed by atoms with Gasteiger partial charge in [-0.3, -0.25) is 4.79 Å². The molecule has 0 bridgehead atoms. The first-order valence-corrected chi connectivity index (χ1v) is 9.06. The highest BCUT2D eigenvalue weighted by molar-refractivity contribution is 9.10. The first-order valence-electron chi connectivity index (χ1n) is 7.89. The van der Waals surface area contributed by atoms with Crippen LogP contribution in [0.25, 0.3) is 0 Å². The Balaban J connectivity index is 2.03. The smallest absolute Gasteiger partial charge is 0.342 e. The maximum absolute atomic E-state index is 12.3. The summed E-state index contributed by atoms with van der Waals surface area (Å²) in [5, 5.41) is 0.397. The van der Waals surface area contributed by atoms with Gasteiger partial charge in [0.25, 0.3) is 0 Å². The van der Waals surface area contributed by atoms with Crippen molar-refractivity contribution in [3.05, 3.63) is 63.1 Å². The average Bonchev–Trinajstić information content (AvgIpc) is 2.61. The van der Waals surface area contributed by atoms with Crippen molar-refractivity contribution in [2.45, 2.75) is 19.8 Å². The molecule has 0 heterocycles. The molecule has 0 radical (unpaired) electrons. The van der Waals surface area contributed by atoms with Gasteiger partial charge in [0.2, 0.25) is 0 Å². The normalized spacial score (nSPS) is 10.4. The molecule has 0 atom stereocenters. The van der Waals surface area contributed by atoms with Gasteiger partial charge in [0, 0.05) is 15.1 Å². The van der Waals surface area contributed by atoms with Gasteiger partial charge < -0.3 is 9.47 Å². The second-order valence-corrected chi connectivity index (χ2v) is 6.70. The molecule has 0 aliphatic carbocycles. The third-order valence-corrected chi connectivity index (χ3v) is 4.18. The molecule has 0 saturated carbocycles. The summed E-state index contributed by atoms with van der Waals surface area (Å²) in [6.07, 6.45) is 1.86. The molecule has 0 aliphatic rings. The average molecular weight is 426 g/mol. The number of unbranched alkanes of at least 4 members (excludes halogenated alkanes) is 1. The Morgan fingerprint density at radius 2 is 1.84 bits per heavy atom. The number of hydrogen-bond donors (Lipinski definition) is 0. The Morgan fingerprint density at radius 1 is 1.12 bits per heavy atom. The van der Waals surface area contributed by atoms with Crippen LogP contribution >= 0.6 is 27.5 Å². The van der Waals surface area contributed by atoms with Crippen LogP contribution < -0.4 is 4.74 Å². The Bertz CT molecular complexity index is 744. The summed E-state index contributed by atoms with van der Waals surface area (Å²) >= 11 is 9.27. The molecular weight excluding hydrogens is 408 g/mol. The van der Waals surface area contributed by atoms with Gasteiger partial charge in [0.1, 0.15) is 11.3 Å². The van der Waals surface area contributed by atoms with Gasteiger partial charge in [-0.1, -0.05) is 53.0 Å². The number of ketones is 1. The largest absolute Gasteiger partial charge is 0.493 e. The van der Waals surface area contributed by atoms with Gasteiger partial charge in [-0.2, -0.15) is 0 Å². The number of ether oxygens (including phenoxy) is 2. The summed E-state index contributed by atoms with van der Waals surface area (Å²) in [6, 6.07) is 11.6. The van der Waals surface area contributed by atoms with E-state index >= 15 is 0 Å². The lowest BCUT2D eigenvalue weighted by Gasteiger charge is -2.11. The SMILES string of the molecule is CCCCOc1ccc(Cl)cc1C(=O)OCC(=O)c1ccc(Br)cc1. The maximum atomic E-state index is 12.3. The molecule has 132 valence electrons. The summed E-state index contributed by atoms with van der Waals surface area (Å²) in [5.74, 6) is -0.519. The predicted molar refractivity (Wildman–Crippen MR) is 101 cm³/mol. The highest BCUT2D eigenvalue weighted by Gasteiger charge is 2.17. The van der Waals surface area contributed by atoms with Gasteiger partial charge in [-0.25, -0.2) is 4.79 Å². The van der Waals surface area contributed by atoms with Crippen LogP contribution in [0, 0.1) is 0 Å². The quantitative estimate of drug-likeness (QED) is 0.326. The zero-order valence-corrected chi connectivity index (χ0v) is 16.1. The van der Waals surface area contributed by atoms with Gasteiger partial charge in [-0.15, -0.1) is 0 Å². The summed E-state index contributed by atoms with van der Waals surface area (Å²) in [7, 11) is 0. The number of benzene rings is 2. The molecule has 25 heavy (non-hydrogen) atoms. The molecule has 0 spiro atoms. The summed E-state index contributed by atoms with van der Waals surface area (Å²) in [4.78, 5) is 24.4. The van der Waals surface area contributed by atoms with E-state index in [4.69, 9.17) is 21.1 Å². The summed E-state index contributed by atoms with van der Waals surface area (Å²) < 4.78 is 11.6. The zero-order valence-electron chi connectivity index (χ0n) is 13.8. The molecule has 2 rings (SSSR count). The zero-order chi connectivity index (χ0) is 18.2. The monoisotopic (exact) mass is 424 g/mol. The fraction of sp³-hybridized carbons (Fsp3) is 0.263. The fourth-order valence-electron chi connectivity index (χ4n) is 2.04. The van der Waals surface area contributed by atoms with Crippen molar-refractivity contribution in [3.8, 4) is 5.75 Å². The first kappa shape index (κ1) is 19.5. The Labute approximate surface area is 160 Å².